The smallest absolute Gasteiger partial charge is 0.252 e. The van der Waals surface area contributed by atoms with Crippen molar-refractivity contribution in [2.24, 2.45) is 11.5 Å². The number of anilines is 3. The van der Waals surface area contributed by atoms with E-state index in [4.69, 9.17) is 11.5 Å². The summed E-state index contributed by atoms with van der Waals surface area (Å²) in [4.78, 5) is 20.1. The van der Waals surface area contributed by atoms with Crippen molar-refractivity contribution in [3.05, 3.63) is 54.0 Å². The summed E-state index contributed by atoms with van der Waals surface area (Å²) < 4.78 is 14.2. The van der Waals surface area contributed by atoms with Crippen LogP contribution in [0.3, 0.4) is 0 Å². The third-order valence-electron chi connectivity index (χ3n) is 3.84. The maximum absolute atomic E-state index is 14.2. The van der Waals surface area contributed by atoms with Crippen LogP contribution in [0.2, 0.25) is 0 Å². The monoisotopic (exact) mass is 354 g/mol. The van der Waals surface area contributed by atoms with Gasteiger partial charge in [0.15, 0.2) is 11.6 Å². The lowest BCUT2D eigenvalue weighted by molar-refractivity contribution is 0.100. The van der Waals surface area contributed by atoms with Crippen LogP contribution in [0.15, 0.2) is 42.6 Å². The largest absolute Gasteiger partial charge is 0.365 e. The van der Waals surface area contributed by atoms with E-state index in [-0.39, 0.29) is 23.2 Å². The molecular formula is C18H19FN6O. The minimum atomic E-state index is -0.778. The van der Waals surface area contributed by atoms with E-state index in [9.17, 15) is 9.18 Å². The molecule has 134 valence electrons. The number of hydrogen-bond acceptors (Lipinski definition) is 6. The summed E-state index contributed by atoms with van der Waals surface area (Å²) in [6, 6.07) is 10.1. The minimum Gasteiger partial charge on any atom is -0.365 e. The van der Waals surface area contributed by atoms with Gasteiger partial charge >= 0.3 is 0 Å². The van der Waals surface area contributed by atoms with Gasteiger partial charge in [-0.2, -0.15) is 0 Å². The first-order valence-corrected chi connectivity index (χ1v) is 8.06. The Morgan fingerprint density at radius 1 is 1.27 bits per heavy atom. The van der Waals surface area contributed by atoms with Crippen LogP contribution in [0.1, 0.15) is 17.3 Å². The number of carbonyl (C=O) groups excluding carboxylic acids is 1. The Morgan fingerprint density at radius 3 is 2.81 bits per heavy atom. The zero-order valence-electron chi connectivity index (χ0n) is 14.2. The van der Waals surface area contributed by atoms with Crippen LogP contribution in [0.4, 0.5) is 21.7 Å². The van der Waals surface area contributed by atoms with Crippen molar-refractivity contribution in [2.45, 2.75) is 13.0 Å². The third kappa shape index (κ3) is 3.70. The van der Waals surface area contributed by atoms with Crippen LogP contribution in [-0.4, -0.2) is 28.5 Å². The fourth-order valence-electron chi connectivity index (χ4n) is 2.46. The number of rotatable bonds is 6. The summed E-state index contributed by atoms with van der Waals surface area (Å²) in [5, 5.41) is 6.81. The minimum absolute atomic E-state index is 0.00194. The van der Waals surface area contributed by atoms with Crippen molar-refractivity contribution < 1.29 is 9.18 Å². The molecule has 3 aromatic rings. The molecule has 1 atom stereocenters. The number of benzene rings is 1. The van der Waals surface area contributed by atoms with Crippen molar-refractivity contribution in [3.8, 4) is 0 Å². The highest BCUT2D eigenvalue weighted by molar-refractivity contribution is 5.99. The number of hydrogen-bond donors (Lipinski definition) is 4. The molecule has 0 fully saturated rings. The molecule has 2 heterocycles. The molecule has 1 amide bonds. The second kappa shape index (κ2) is 7.32. The fraction of sp³-hybridized carbons (Fsp3) is 0.167. The molecule has 1 aromatic carbocycles. The molecule has 6 N–H and O–H groups in total. The van der Waals surface area contributed by atoms with Crippen LogP contribution in [-0.2, 0) is 0 Å². The maximum Gasteiger partial charge on any atom is 0.252 e. The first kappa shape index (κ1) is 17.6. The standard InChI is InChI=1S/C18H19FN6O/c1-10(9-20)23-18-14(19)8-13(16(21)26)17(25-18)24-12-4-5-15-11(7-12)3-2-6-22-15/h2-8,10H,9,20H2,1H3,(H2,21,26)(H2,23,24,25). The molecule has 1 unspecified atom stereocenters. The predicted molar refractivity (Wildman–Crippen MR) is 99.9 cm³/mol. The molecule has 0 aliphatic heterocycles. The Balaban J connectivity index is 2.00. The van der Waals surface area contributed by atoms with Gasteiger partial charge in [0.1, 0.15) is 5.82 Å². The van der Waals surface area contributed by atoms with Crippen LogP contribution >= 0.6 is 0 Å². The SMILES string of the molecule is CC(CN)Nc1nc(Nc2ccc3ncccc3c2)c(C(N)=O)cc1F. The molecule has 0 saturated heterocycles. The van der Waals surface area contributed by atoms with Crippen LogP contribution < -0.4 is 22.1 Å². The lowest BCUT2D eigenvalue weighted by Crippen LogP contribution is -2.26. The summed E-state index contributed by atoms with van der Waals surface area (Å²) in [6.07, 6.45) is 1.71. The zero-order valence-corrected chi connectivity index (χ0v) is 14.2. The van der Waals surface area contributed by atoms with Crippen LogP contribution in [0, 0.1) is 5.82 Å². The first-order chi connectivity index (χ1) is 12.5. The lowest BCUT2D eigenvalue weighted by atomic mass is 10.2. The first-order valence-electron chi connectivity index (χ1n) is 8.06. The summed E-state index contributed by atoms with van der Waals surface area (Å²) in [5.74, 6) is -1.29. The van der Waals surface area contributed by atoms with E-state index in [0.29, 0.717) is 12.2 Å². The summed E-state index contributed by atoms with van der Waals surface area (Å²) in [5.41, 5.74) is 12.4. The predicted octanol–water partition coefficient (Wildman–Crippen LogP) is 2.37. The van der Waals surface area contributed by atoms with Gasteiger partial charge in [0.25, 0.3) is 5.91 Å². The van der Waals surface area contributed by atoms with Gasteiger partial charge in [-0.05, 0) is 37.3 Å². The molecule has 0 aliphatic rings. The molecule has 2 aromatic heterocycles. The molecule has 0 radical (unpaired) electrons. The van der Waals surface area contributed by atoms with E-state index < -0.39 is 11.7 Å². The number of pyridine rings is 2. The van der Waals surface area contributed by atoms with Crippen LogP contribution in [0.5, 0.6) is 0 Å². The summed E-state index contributed by atoms with van der Waals surface area (Å²) >= 11 is 0. The van der Waals surface area contributed by atoms with Gasteiger partial charge in [-0.25, -0.2) is 9.37 Å². The van der Waals surface area contributed by atoms with E-state index in [1.165, 1.54) is 0 Å². The van der Waals surface area contributed by atoms with Gasteiger partial charge < -0.3 is 22.1 Å². The topological polar surface area (TPSA) is 119 Å². The Kier molecular flexibility index (Phi) is 4.94. The molecule has 0 saturated carbocycles. The second-order valence-electron chi connectivity index (χ2n) is 5.90. The summed E-state index contributed by atoms with van der Waals surface area (Å²) in [7, 11) is 0. The summed E-state index contributed by atoms with van der Waals surface area (Å²) in [6.45, 7) is 2.10. The van der Waals surface area contributed by atoms with Crippen molar-refractivity contribution in [1.29, 1.82) is 0 Å². The van der Waals surface area contributed by atoms with E-state index in [2.05, 4.69) is 20.6 Å². The Morgan fingerprint density at radius 2 is 2.08 bits per heavy atom. The lowest BCUT2D eigenvalue weighted by Gasteiger charge is -2.16. The second-order valence-corrected chi connectivity index (χ2v) is 5.90. The van der Waals surface area contributed by atoms with Crippen molar-refractivity contribution in [2.75, 3.05) is 17.2 Å². The highest BCUT2D eigenvalue weighted by Gasteiger charge is 2.17. The number of amides is 1. The molecular weight excluding hydrogens is 335 g/mol. The number of nitrogens with two attached hydrogens (primary N) is 2. The number of aromatic nitrogens is 2. The third-order valence-corrected chi connectivity index (χ3v) is 3.84. The van der Waals surface area contributed by atoms with E-state index in [1.807, 2.05) is 24.3 Å². The molecule has 0 bridgehead atoms. The number of primary amides is 1. The zero-order chi connectivity index (χ0) is 18.7. The molecule has 7 nitrogen and oxygen atoms in total. The molecule has 3 rings (SSSR count). The number of carbonyl (C=O) groups is 1. The Labute approximate surface area is 149 Å². The van der Waals surface area contributed by atoms with Gasteiger partial charge in [0.2, 0.25) is 0 Å². The Bertz CT molecular complexity index is 962. The van der Waals surface area contributed by atoms with E-state index in [1.54, 1.807) is 19.2 Å². The van der Waals surface area contributed by atoms with Gasteiger partial charge in [-0.3, -0.25) is 9.78 Å². The van der Waals surface area contributed by atoms with E-state index in [0.717, 1.165) is 17.0 Å². The van der Waals surface area contributed by atoms with Crippen molar-refractivity contribution >= 4 is 34.1 Å². The maximum atomic E-state index is 14.2. The Hall–Kier alpha value is -3.26. The number of nitrogens with zero attached hydrogens (tertiary/aromatic N) is 2. The molecule has 0 spiro atoms. The van der Waals surface area contributed by atoms with Gasteiger partial charge in [0, 0.05) is 29.9 Å². The molecule has 26 heavy (non-hydrogen) atoms. The van der Waals surface area contributed by atoms with Crippen LogP contribution in [0.25, 0.3) is 10.9 Å². The average Bonchev–Trinajstić information content (AvgIpc) is 2.63. The molecule has 0 aliphatic carbocycles. The van der Waals surface area contributed by atoms with Gasteiger partial charge in [0.05, 0.1) is 11.1 Å². The normalized spacial score (nSPS) is 12.0. The fourth-order valence-corrected chi connectivity index (χ4v) is 2.46. The van der Waals surface area contributed by atoms with Gasteiger partial charge in [-0.15, -0.1) is 0 Å². The average molecular weight is 354 g/mol. The molecule has 8 heteroatoms. The van der Waals surface area contributed by atoms with Crippen molar-refractivity contribution in [1.82, 2.24) is 9.97 Å². The quantitative estimate of drug-likeness (QED) is 0.540. The number of fused-ring (bicyclic) bond motifs is 1. The highest BCUT2D eigenvalue weighted by atomic mass is 19.1. The highest BCUT2D eigenvalue weighted by Crippen LogP contribution is 2.25. The van der Waals surface area contributed by atoms with Gasteiger partial charge in [-0.1, -0.05) is 6.07 Å². The number of nitrogens with one attached hydrogen (secondary N) is 2. The van der Waals surface area contributed by atoms with E-state index >= 15 is 0 Å². The van der Waals surface area contributed by atoms with Crippen molar-refractivity contribution in [3.63, 3.8) is 0 Å². The number of halogens is 1.